The molecule has 0 saturated carbocycles. The Hall–Kier alpha value is -1.81. The zero-order chi connectivity index (χ0) is 15.6. The molecule has 1 saturated heterocycles. The maximum atomic E-state index is 10.4. The molecule has 3 rings (SSSR count). The lowest BCUT2D eigenvalue weighted by atomic mass is 9.98. The minimum Gasteiger partial charge on any atom is -0.391 e. The molecule has 3 atom stereocenters. The smallest absolute Gasteiger partial charge is 0.211 e. The van der Waals surface area contributed by atoms with E-state index in [2.05, 4.69) is 15.3 Å². The highest BCUT2D eigenvalue weighted by Gasteiger charge is 2.46. The molecule has 9 heteroatoms. The second kappa shape index (κ2) is 6.13. The van der Waals surface area contributed by atoms with Gasteiger partial charge in [-0.25, -0.2) is 9.67 Å². The zero-order valence-corrected chi connectivity index (χ0v) is 12.2. The van der Waals surface area contributed by atoms with Gasteiger partial charge in [0.1, 0.15) is 18.5 Å². The van der Waals surface area contributed by atoms with Gasteiger partial charge in [-0.15, -0.1) is 5.10 Å². The van der Waals surface area contributed by atoms with Gasteiger partial charge in [0, 0.05) is 32.1 Å². The number of ether oxygens (including phenoxy) is 2. The first-order valence-corrected chi connectivity index (χ1v) is 7.03. The SMILES string of the molecule is Cn1ccnc1COC1COC(CO)(n2ccnn2)C(O)C1. The average molecular weight is 309 g/mol. The standard InChI is InChI=1S/C13H19N5O4/c1-17-4-2-14-12(17)8-21-10-6-11(20)13(9-19,22-7-10)18-5-3-15-16-18/h2-5,10-11,19-20H,6-9H2,1H3. The Balaban J connectivity index is 1.63. The number of hydrogen-bond donors (Lipinski definition) is 2. The lowest BCUT2D eigenvalue weighted by Crippen LogP contribution is -2.57. The Morgan fingerprint density at radius 3 is 2.91 bits per heavy atom. The van der Waals surface area contributed by atoms with Crippen molar-refractivity contribution in [3.8, 4) is 0 Å². The van der Waals surface area contributed by atoms with Crippen LogP contribution in [0.4, 0.5) is 0 Å². The van der Waals surface area contributed by atoms with Gasteiger partial charge in [-0.05, 0) is 0 Å². The fourth-order valence-corrected chi connectivity index (χ4v) is 2.53. The molecule has 2 N–H and O–H groups in total. The Bertz CT molecular complexity index is 601. The first kappa shape index (κ1) is 15.1. The molecule has 3 heterocycles. The monoisotopic (exact) mass is 309 g/mol. The van der Waals surface area contributed by atoms with Crippen molar-refractivity contribution in [2.75, 3.05) is 13.2 Å². The Kier molecular flexibility index (Phi) is 4.21. The molecule has 1 fully saturated rings. The average Bonchev–Trinajstić information content (AvgIpc) is 3.18. The van der Waals surface area contributed by atoms with Crippen LogP contribution in [0.1, 0.15) is 12.2 Å². The minimum atomic E-state index is -1.31. The second-order valence-electron chi connectivity index (χ2n) is 5.30. The van der Waals surface area contributed by atoms with E-state index in [1.165, 1.54) is 10.9 Å². The summed E-state index contributed by atoms with van der Waals surface area (Å²) in [6.07, 6.45) is 5.64. The van der Waals surface area contributed by atoms with Crippen molar-refractivity contribution >= 4 is 0 Å². The largest absolute Gasteiger partial charge is 0.391 e. The van der Waals surface area contributed by atoms with E-state index in [0.29, 0.717) is 13.0 Å². The number of hydrogen-bond acceptors (Lipinski definition) is 7. The number of rotatable bonds is 5. The van der Waals surface area contributed by atoms with Gasteiger partial charge < -0.3 is 24.3 Å². The van der Waals surface area contributed by atoms with Crippen LogP contribution >= 0.6 is 0 Å². The molecule has 0 aromatic carbocycles. The van der Waals surface area contributed by atoms with E-state index >= 15 is 0 Å². The van der Waals surface area contributed by atoms with Crippen LogP contribution in [0.15, 0.2) is 24.8 Å². The van der Waals surface area contributed by atoms with E-state index in [4.69, 9.17) is 9.47 Å². The summed E-state index contributed by atoms with van der Waals surface area (Å²) in [7, 11) is 1.89. The van der Waals surface area contributed by atoms with Crippen molar-refractivity contribution in [3.05, 3.63) is 30.6 Å². The molecule has 3 unspecified atom stereocenters. The van der Waals surface area contributed by atoms with Crippen molar-refractivity contribution in [2.24, 2.45) is 7.05 Å². The molecule has 0 aliphatic carbocycles. The zero-order valence-electron chi connectivity index (χ0n) is 12.2. The van der Waals surface area contributed by atoms with Crippen LogP contribution in [-0.2, 0) is 28.9 Å². The fraction of sp³-hybridized carbons (Fsp3) is 0.615. The van der Waals surface area contributed by atoms with Gasteiger partial charge in [-0.2, -0.15) is 0 Å². The third kappa shape index (κ3) is 2.63. The van der Waals surface area contributed by atoms with E-state index in [9.17, 15) is 10.2 Å². The Morgan fingerprint density at radius 2 is 2.32 bits per heavy atom. The topological polar surface area (TPSA) is 107 Å². The fourth-order valence-electron chi connectivity index (χ4n) is 2.53. The van der Waals surface area contributed by atoms with E-state index in [1.54, 1.807) is 12.4 Å². The first-order valence-electron chi connectivity index (χ1n) is 7.03. The van der Waals surface area contributed by atoms with Crippen molar-refractivity contribution in [3.63, 3.8) is 0 Å². The maximum absolute atomic E-state index is 10.4. The molecule has 0 spiro atoms. The predicted octanol–water partition coefficient (Wildman–Crippen LogP) is -0.977. The molecule has 0 amide bonds. The van der Waals surface area contributed by atoms with Crippen LogP contribution in [0.2, 0.25) is 0 Å². The number of aliphatic hydroxyl groups excluding tert-OH is 2. The lowest BCUT2D eigenvalue weighted by molar-refractivity contribution is -0.259. The Labute approximate surface area is 127 Å². The van der Waals surface area contributed by atoms with E-state index in [-0.39, 0.29) is 12.7 Å². The first-order chi connectivity index (χ1) is 10.7. The number of nitrogens with zero attached hydrogens (tertiary/aromatic N) is 5. The van der Waals surface area contributed by atoms with E-state index < -0.39 is 18.4 Å². The molecular formula is C13H19N5O4. The van der Waals surface area contributed by atoms with Crippen molar-refractivity contribution in [1.29, 1.82) is 0 Å². The maximum Gasteiger partial charge on any atom is 0.211 e. The van der Waals surface area contributed by atoms with Gasteiger partial charge in [0.05, 0.1) is 25.5 Å². The molecule has 0 bridgehead atoms. The number of aliphatic hydroxyl groups is 2. The van der Waals surface area contributed by atoms with Crippen LogP contribution in [0.25, 0.3) is 0 Å². The molecule has 2 aromatic heterocycles. The van der Waals surface area contributed by atoms with E-state index in [0.717, 1.165) is 5.82 Å². The molecule has 9 nitrogen and oxygen atoms in total. The van der Waals surface area contributed by atoms with Crippen molar-refractivity contribution in [2.45, 2.75) is 31.0 Å². The highest BCUT2D eigenvalue weighted by Crippen LogP contribution is 2.30. The molecule has 2 aromatic rings. The Morgan fingerprint density at radius 1 is 1.45 bits per heavy atom. The normalized spacial score (nSPS) is 28.9. The summed E-state index contributed by atoms with van der Waals surface area (Å²) in [6.45, 7) is 0.172. The minimum absolute atomic E-state index is 0.238. The lowest BCUT2D eigenvalue weighted by Gasteiger charge is -2.42. The third-order valence-electron chi connectivity index (χ3n) is 3.93. The van der Waals surface area contributed by atoms with Crippen LogP contribution in [0, 0.1) is 0 Å². The number of aryl methyl sites for hydroxylation is 1. The third-order valence-corrected chi connectivity index (χ3v) is 3.93. The molecule has 120 valence electrons. The van der Waals surface area contributed by atoms with Crippen molar-refractivity contribution < 1.29 is 19.7 Å². The highest BCUT2D eigenvalue weighted by atomic mass is 16.6. The van der Waals surface area contributed by atoms with Gasteiger partial charge in [0.2, 0.25) is 5.72 Å². The summed E-state index contributed by atoms with van der Waals surface area (Å²) in [4.78, 5) is 4.18. The quantitative estimate of drug-likeness (QED) is 0.731. The summed E-state index contributed by atoms with van der Waals surface area (Å²) >= 11 is 0. The number of aromatic nitrogens is 5. The summed E-state index contributed by atoms with van der Waals surface area (Å²) in [5.74, 6) is 0.796. The molecule has 1 aliphatic heterocycles. The molecule has 22 heavy (non-hydrogen) atoms. The van der Waals surface area contributed by atoms with Crippen LogP contribution in [-0.4, -0.2) is 60.2 Å². The van der Waals surface area contributed by atoms with E-state index in [1.807, 2.05) is 17.8 Å². The van der Waals surface area contributed by atoms with Crippen LogP contribution < -0.4 is 0 Å². The summed E-state index contributed by atoms with van der Waals surface area (Å²) in [5, 5.41) is 27.6. The molecule has 0 radical (unpaired) electrons. The van der Waals surface area contributed by atoms with Gasteiger partial charge in [-0.3, -0.25) is 0 Å². The molecular weight excluding hydrogens is 290 g/mol. The van der Waals surface area contributed by atoms with Crippen molar-refractivity contribution in [1.82, 2.24) is 24.5 Å². The van der Waals surface area contributed by atoms with Gasteiger partial charge >= 0.3 is 0 Å². The van der Waals surface area contributed by atoms with Crippen LogP contribution in [0.5, 0.6) is 0 Å². The number of imidazole rings is 1. The summed E-state index contributed by atoms with van der Waals surface area (Å²) < 4.78 is 14.6. The van der Waals surface area contributed by atoms with Gasteiger partial charge in [-0.1, -0.05) is 5.21 Å². The second-order valence-corrected chi connectivity index (χ2v) is 5.30. The highest BCUT2D eigenvalue weighted by molar-refractivity contribution is 4.92. The predicted molar refractivity (Wildman–Crippen MR) is 73.4 cm³/mol. The van der Waals surface area contributed by atoms with Crippen LogP contribution in [0.3, 0.4) is 0 Å². The summed E-state index contributed by atoms with van der Waals surface area (Å²) in [5.41, 5.74) is -1.31. The molecule has 1 aliphatic rings. The van der Waals surface area contributed by atoms with Gasteiger partial charge in [0.15, 0.2) is 0 Å². The summed E-state index contributed by atoms with van der Waals surface area (Å²) in [6, 6.07) is 0. The van der Waals surface area contributed by atoms with Gasteiger partial charge in [0.25, 0.3) is 0 Å².